The number of hydrogen-bond acceptors (Lipinski definition) is 4. The van der Waals surface area contributed by atoms with E-state index >= 15 is 0 Å². The number of benzene rings is 1. The number of likely N-dealkylation sites (N-methyl/N-ethyl adjacent to an activating group) is 1. The Hall–Kier alpha value is -2.73. The van der Waals surface area contributed by atoms with Gasteiger partial charge >= 0.3 is 0 Å². The molecule has 0 bridgehead atoms. The number of piperazine rings is 1. The molecule has 148 valence electrons. The molecule has 2 aromatic rings. The Labute approximate surface area is 166 Å². The normalized spacial score (nSPS) is 14.7. The molecule has 2 amide bonds. The van der Waals surface area contributed by atoms with Crippen molar-refractivity contribution in [3.63, 3.8) is 0 Å². The van der Waals surface area contributed by atoms with Gasteiger partial charge in [-0.3, -0.25) is 19.5 Å². The Balaban J connectivity index is 1.39. The maximum atomic E-state index is 12.5. The van der Waals surface area contributed by atoms with Gasteiger partial charge in [0.05, 0.1) is 0 Å². The number of hydrogen-bond donors (Lipinski definition) is 0. The summed E-state index contributed by atoms with van der Waals surface area (Å²) in [4.78, 5) is 34.7. The van der Waals surface area contributed by atoms with Crippen molar-refractivity contribution in [2.75, 3.05) is 39.8 Å². The zero-order valence-electron chi connectivity index (χ0n) is 16.5. The second-order valence-corrected chi connectivity index (χ2v) is 7.24. The SMILES string of the molecule is CN(CCc1ccncc1)C(=O)CC(=O)N1CCN(Cc2ccccc2)CC1. The number of nitrogens with zero attached hydrogens (tertiary/aromatic N) is 4. The number of pyridine rings is 1. The second kappa shape index (κ2) is 9.99. The van der Waals surface area contributed by atoms with Gasteiger partial charge in [0.15, 0.2) is 0 Å². The van der Waals surface area contributed by atoms with E-state index in [9.17, 15) is 9.59 Å². The summed E-state index contributed by atoms with van der Waals surface area (Å²) in [6.07, 6.45) is 4.21. The van der Waals surface area contributed by atoms with E-state index in [1.165, 1.54) is 5.56 Å². The summed E-state index contributed by atoms with van der Waals surface area (Å²) in [5.74, 6) is -0.189. The van der Waals surface area contributed by atoms with Crippen LogP contribution >= 0.6 is 0 Å². The predicted octanol–water partition coefficient (Wildman–Crippen LogP) is 1.82. The van der Waals surface area contributed by atoms with Gasteiger partial charge in [-0.2, -0.15) is 0 Å². The molecule has 6 heteroatoms. The lowest BCUT2D eigenvalue weighted by atomic mass is 10.2. The number of rotatable bonds is 7. The Morgan fingerprint density at radius 3 is 2.32 bits per heavy atom. The van der Waals surface area contributed by atoms with Gasteiger partial charge in [-0.05, 0) is 29.7 Å². The summed E-state index contributed by atoms with van der Waals surface area (Å²) in [7, 11) is 1.76. The van der Waals surface area contributed by atoms with Crippen LogP contribution < -0.4 is 0 Å². The Bertz CT molecular complexity index is 759. The van der Waals surface area contributed by atoms with Gasteiger partial charge in [0.2, 0.25) is 11.8 Å². The standard InChI is InChI=1S/C22H28N4O2/c1-24(12-9-19-7-10-23-11-8-19)21(27)17-22(28)26-15-13-25(14-16-26)18-20-5-3-2-4-6-20/h2-8,10-11H,9,12-18H2,1H3. The van der Waals surface area contributed by atoms with Crippen molar-refractivity contribution in [3.8, 4) is 0 Å². The van der Waals surface area contributed by atoms with Crippen LogP contribution in [0.4, 0.5) is 0 Å². The summed E-state index contributed by atoms with van der Waals surface area (Å²) in [5.41, 5.74) is 2.42. The molecular formula is C22H28N4O2. The molecule has 0 aliphatic carbocycles. The third-order valence-corrected chi connectivity index (χ3v) is 5.19. The van der Waals surface area contributed by atoms with Crippen LogP contribution in [0.1, 0.15) is 17.5 Å². The van der Waals surface area contributed by atoms with E-state index < -0.39 is 0 Å². The summed E-state index contributed by atoms with van der Waals surface area (Å²) in [6, 6.07) is 14.2. The molecule has 0 unspecified atom stereocenters. The highest BCUT2D eigenvalue weighted by Gasteiger charge is 2.23. The van der Waals surface area contributed by atoms with Crippen LogP contribution in [0.15, 0.2) is 54.9 Å². The predicted molar refractivity (Wildman–Crippen MR) is 108 cm³/mol. The van der Waals surface area contributed by atoms with Crippen LogP contribution in [0.5, 0.6) is 0 Å². The van der Waals surface area contributed by atoms with Crippen LogP contribution in [-0.2, 0) is 22.6 Å². The first-order valence-corrected chi connectivity index (χ1v) is 9.79. The highest BCUT2D eigenvalue weighted by Crippen LogP contribution is 2.10. The molecule has 0 N–H and O–H groups in total. The molecule has 2 heterocycles. The number of aromatic nitrogens is 1. The van der Waals surface area contributed by atoms with Gasteiger partial charge in [0.1, 0.15) is 6.42 Å². The minimum atomic E-state index is -0.120. The number of amides is 2. The van der Waals surface area contributed by atoms with Crippen molar-refractivity contribution < 1.29 is 9.59 Å². The second-order valence-electron chi connectivity index (χ2n) is 7.24. The summed E-state index contributed by atoms with van der Waals surface area (Å²) >= 11 is 0. The maximum Gasteiger partial charge on any atom is 0.232 e. The fourth-order valence-electron chi connectivity index (χ4n) is 3.34. The molecule has 1 aliphatic heterocycles. The molecule has 0 saturated carbocycles. The Morgan fingerprint density at radius 1 is 0.964 bits per heavy atom. The summed E-state index contributed by atoms with van der Waals surface area (Å²) in [5, 5.41) is 0. The molecule has 28 heavy (non-hydrogen) atoms. The van der Waals surface area contributed by atoms with E-state index in [1.54, 1.807) is 24.3 Å². The van der Waals surface area contributed by atoms with Crippen LogP contribution in [0.3, 0.4) is 0 Å². The van der Waals surface area contributed by atoms with Gasteiger partial charge in [-0.1, -0.05) is 30.3 Å². The Morgan fingerprint density at radius 2 is 1.64 bits per heavy atom. The zero-order chi connectivity index (χ0) is 19.8. The van der Waals surface area contributed by atoms with Crippen molar-refractivity contribution in [2.24, 2.45) is 0 Å². The lowest BCUT2D eigenvalue weighted by molar-refractivity contribution is -0.141. The van der Waals surface area contributed by atoms with Gasteiger partial charge in [-0.15, -0.1) is 0 Å². The quantitative estimate of drug-likeness (QED) is 0.688. The molecule has 1 aromatic heterocycles. The fraction of sp³-hybridized carbons (Fsp3) is 0.409. The molecule has 1 aliphatic rings. The molecule has 0 atom stereocenters. The first-order chi connectivity index (χ1) is 13.6. The molecular weight excluding hydrogens is 352 g/mol. The van der Waals surface area contributed by atoms with E-state index in [4.69, 9.17) is 0 Å². The fourth-order valence-corrected chi connectivity index (χ4v) is 3.34. The average Bonchev–Trinajstić information content (AvgIpc) is 2.74. The molecule has 6 nitrogen and oxygen atoms in total. The molecule has 0 spiro atoms. The van der Waals surface area contributed by atoms with E-state index in [2.05, 4.69) is 22.0 Å². The number of carbonyl (C=O) groups is 2. The van der Waals surface area contributed by atoms with Crippen molar-refractivity contribution in [1.29, 1.82) is 0 Å². The monoisotopic (exact) mass is 380 g/mol. The van der Waals surface area contributed by atoms with E-state index in [-0.39, 0.29) is 18.2 Å². The number of carbonyl (C=O) groups excluding carboxylic acids is 2. The topological polar surface area (TPSA) is 56.8 Å². The van der Waals surface area contributed by atoms with Crippen molar-refractivity contribution in [2.45, 2.75) is 19.4 Å². The highest BCUT2D eigenvalue weighted by atomic mass is 16.2. The van der Waals surface area contributed by atoms with Crippen molar-refractivity contribution in [3.05, 3.63) is 66.0 Å². The molecule has 1 saturated heterocycles. The average molecular weight is 380 g/mol. The van der Waals surface area contributed by atoms with Crippen LogP contribution in [0, 0.1) is 0 Å². The van der Waals surface area contributed by atoms with E-state index in [0.717, 1.165) is 31.6 Å². The zero-order valence-corrected chi connectivity index (χ0v) is 16.5. The van der Waals surface area contributed by atoms with Gasteiger partial charge in [0, 0.05) is 58.7 Å². The molecule has 0 radical (unpaired) electrons. The maximum absolute atomic E-state index is 12.5. The van der Waals surface area contributed by atoms with Gasteiger partial charge in [0.25, 0.3) is 0 Å². The Kier molecular flexibility index (Phi) is 7.14. The van der Waals surface area contributed by atoms with Crippen LogP contribution in [-0.4, -0.2) is 71.3 Å². The van der Waals surface area contributed by atoms with Crippen LogP contribution in [0.25, 0.3) is 0 Å². The minimum absolute atomic E-state index is 0.0501. The van der Waals surface area contributed by atoms with Crippen molar-refractivity contribution >= 4 is 11.8 Å². The lowest BCUT2D eigenvalue weighted by Gasteiger charge is -2.35. The smallest absolute Gasteiger partial charge is 0.232 e. The van der Waals surface area contributed by atoms with Crippen LogP contribution in [0.2, 0.25) is 0 Å². The summed E-state index contributed by atoms with van der Waals surface area (Å²) in [6.45, 7) is 4.54. The third-order valence-electron chi connectivity index (χ3n) is 5.19. The van der Waals surface area contributed by atoms with E-state index in [0.29, 0.717) is 19.6 Å². The van der Waals surface area contributed by atoms with E-state index in [1.807, 2.05) is 35.2 Å². The lowest BCUT2D eigenvalue weighted by Crippen LogP contribution is -2.49. The largest absolute Gasteiger partial charge is 0.345 e. The molecule has 1 aromatic carbocycles. The first-order valence-electron chi connectivity index (χ1n) is 9.79. The van der Waals surface area contributed by atoms with Crippen molar-refractivity contribution in [1.82, 2.24) is 19.7 Å². The highest BCUT2D eigenvalue weighted by molar-refractivity contribution is 5.96. The minimum Gasteiger partial charge on any atom is -0.345 e. The van der Waals surface area contributed by atoms with Gasteiger partial charge < -0.3 is 9.80 Å². The summed E-state index contributed by atoms with van der Waals surface area (Å²) < 4.78 is 0. The molecule has 3 rings (SSSR count). The third kappa shape index (κ3) is 5.89. The van der Waals surface area contributed by atoms with Gasteiger partial charge in [-0.25, -0.2) is 0 Å². The molecule has 1 fully saturated rings. The first kappa shape index (κ1) is 20.0.